The zero-order chi connectivity index (χ0) is 12.3. The van der Waals surface area contributed by atoms with Crippen LogP contribution < -0.4 is 0 Å². The third-order valence-electron chi connectivity index (χ3n) is 2.15. The van der Waals surface area contributed by atoms with Crippen LogP contribution in [-0.2, 0) is 7.05 Å². The predicted octanol–water partition coefficient (Wildman–Crippen LogP) is 2.27. The molecular weight excluding hydrogens is 234 g/mol. The van der Waals surface area contributed by atoms with Gasteiger partial charge in [0, 0.05) is 18.8 Å². The Bertz CT molecular complexity index is 602. The van der Waals surface area contributed by atoms with Gasteiger partial charge in [-0.1, -0.05) is 6.07 Å². The Morgan fingerprint density at radius 1 is 1.65 bits per heavy atom. The molecule has 0 unspecified atom stereocenters. The van der Waals surface area contributed by atoms with Crippen molar-refractivity contribution in [3.05, 3.63) is 45.9 Å². The van der Waals surface area contributed by atoms with Crippen molar-refractivity contribution in [1.29, 1.82) is 5.26 Å². The van der Waals surface area contributed by atoms with Crippen LogP contribution in [0.2, 0.25) is 0 Å². The van der Waals surface area contributed by atoms with Crippen LogP contribution in [0, 0.1) is 11.3 Å². The van der Waals surface area contributed by atoms with Gasteiger partial charge in [0.1, 0.15) is 11.6 Å². The van der Waals surface area contributed by atoms with E-state index in [9.17, 15) is 4.79 Å². The summed E-state index contributed by atoms with van der Waals surface area (Å²) in [5.74, 6) is -0.244. The van der Waals surface area contributed by atoms with E-state index in [4.69, 9.17) is 5.26 Å². The van der Waals surface area contributed by atoms with Gasteiger partial charge >= 0.3 is 0 Å². The standard InChI is InChI=1S/C12H9N3OS/c1-15-8-9(7-14-15)5-10(6-13)12(16)11-3-2-4-17-11/h2-5,7-8H,1H3/b10-5+. The summed E-state index contributed by atoms with van der Waals surface area (Å²) in [5, 5.41) is 14.8. The van der Waals surface area contributed by atoms with Gasteiger partial charge in [-0.25, -0.2) is 0 Å². The Morgan fingerprint density at radius 2 is 2.47 bits per heavy atom. The van der Waals surface area contributed by atoms with Crippen LogP contribution in [0.25, 0.3) is 6.08 Å². The van der Waals surface area contributed by atoms with Gasteiger partial charge in [-0.2, -0.15) is 10.4 Å². The topological polar surface area (TPSA) is 58.7 Å². The quantitative estimate of drug-likeness (QED) is 0.472. The van der Waals surface area contributed by atoms with E-state index in [1.165, 1.54) is 11.3 Å². The molecule has 5 heteroatoms. The molecular formula is C12H9N3OS. The first-order valence-electron chi connectivity index (χ1n) is 4.89. The molecule has 0 radical (unpaired) electrons. The molecule has 4 nitrogen and oxygen atoms in total. The van der Waals surface area contributed by atoms with Crippen molar-refractivity contribution in [2.24, 2.45) is 7.05 Å². The molecule has 0 fully saturated rings. The molecule has 2 rings (SSSR count). The van der Waals surface area contributed by atoms with E-state index in [0.717, 1.165) is 5.56 Å². The molecule has 0 saturated carbocycles. The molecule has 0 atom stereocenters. The lowest BCUT2D eigenvalue weighted by molar-refractivity contribution is 0.104. The summed E-state index contributed by atoms with van der Waals surface area (Å²) in [5.41, 5.74) is 0.870. The molecule has 0 spiro atoms. The number of carbonyl (C=O) groups is 1. The van der Waals surface area contributed by atoms with Crippen LogP contribution in [0.1, 0.15) is 15.2 Å². The lowest BCUT2D eigenvalue weighted by atomic mass is 10.1. The lowest BCUT2D eigenvalue weighted by Gasteiger charge is -1.93. The van der Waals surface area contributed by atoms with E-state index in [-0.39, 0.29) is 11.4 Å². The zero-order valence-electron chi connectivity index (χ0n) is 9.12. The number of nitrogens with zero attached hydrogens (tertiary/aromatic N) is 3. The van der Waals surface area contributed by atoms with Gasteiger partial charge in [0.2, 0.25) is 5.78 Å². The molecule has 17 heavy (non-hydrogen) atoms. The smallest absolute Gasteiger partial charge is 0.213 e. The van der Waals surface area contributed by atoms with Crippen molar-refractivity contribution in [3.63, 3.8) is 0 Å². The van der Waals surface area contributed by atoms with Crippen LogP contribution in [0.4, 0.5) is 0 Å². The first-order valence-corrected chi connectivity index (χ1v) is 5.77. The number of nitriles is 1. The minimum absolute atomic E-state index is 0.125. The van der Waals surface area contributed by atoms with Crippen molar-refractivity contribution in [3.8, 4) is 6.07 Å². The van der Waals surface area contributed by atoms with Gasteiger partial charge in [-0.05, 0) is 17.5 Å². The molecule has 2 heterocycles. The average Bonchev–Trinajstić information content (AvgIpc) is 2.96. The second-order valence-corrected chi connectivity index (χ2v) is 4.37. The van der Waals surface area contributed by atoms with Crippen LogP contribution >= 0.6 is 11.3 Å². The fraction of sp³-hybridized carbons (Fsp3) is 0.0833. The summed E-state index contributed by atoms with van der Waals surface area (Å²) in [6.45, 7) is 0. The number of allylic oxidation sites excluding steroid dienone is 1. The number of aryl methyl sites for hydroxylation is 1. The lowest BCUT2D eigenvalue weighted by Crippen LogP contribution is -1.98. The number of ketones is 1. The third-order valence-corrected chi connectivity index (χ3v) is 3.01. The molecule has 2 aromatic rings. The highest BCUT2D eigenvalue weighted by Gasteiger charge is 2.13. The molecule has 0 aliphatic carbocycles. The van der Waals surface area contributed by atoms with Crippen LogP contribution in [0.15, 0.2) is 35.5 Å². The van der Waals surface area contributed by atoms with Crippen LogP contribution in [0.3, 0.4) is 0 Å². The number of rotatable bonds is 3. The third kappa shape index (κ3) is 2.49. The minimum Gasteiger partial charge on any atom is -0.287 e. The number of Topliss-reactive ketones (excluding diaryl/α,β-unsaturated/α-hetero) is 1. The van der Waals surface area contributed by atoms with Crippen molar-refractivity contribution in [2.75, 3.05) is 0 Å². The van der Waals surface area contributed by atoms with E-state index in [1.54, 1.807) is 42.3 Å². The second-order valence-electron chi connectivity index (χ2n) is 3.42. The normalized spacial score (nSPS) is 11.2. The fourth-order valence-corrected chi connectivity index (χ4v) is 2.05. The van der Waals surface area contributed by atoms with E-state index in [2.05, 4.69) is 5.10 Å². The van der Waals surface area contributed by atoms with E-state index in [1.807, 2.05) is 11.4 Å². The van der Waals surface area contributed by atoms with Crippen LogP contribution in [0.5, 0.6) is 0 Å². The molecule has 0 N–H and O–H groups in total. The molecule has 2 aromatic heterocycles. The van der Waals surface area contributed by atoms with Crippen molar-refractivity contribution >= 4 is 23.2 Å². The van der Waals surface area contributed by atoms with Gasteiger partial charge in [0.15, 0.2) is 0 Å². The molecule has 0 aliphatic rings. The van der Waals surface area contributed by atoms with Gasteiger partial charge in [-0.3, -0.25) is 9.48 Å². The van der Waals surface area contributed by atoms with Crippen molar-refractivity contribution in [1.82, 2.24) is 9.78 Å². The number of hydrogen-bond acceptors (Lipinski definition) is 4. The summed E-state index contributed by atoms with van der Waals surface area (Å²) >= 11 is 1.33. The Kier molecular flexibility index (Phi) is 3.17. The number of hydrogen-bond donors (Lipinski definition) is 0. The summed E-state index contributed by atoms with van der Waals surface area (Å²) in [7, 11) is 1.78. The Balaban J connectivity index is 2.32. The Hall–Kier alpha value is -2.19. The Labute approximate surface area is 102 Å². The maximum Gasteiger partial charge on any atom is 0.213 e. The second kappa shape index (κ2) is 4.76. The van der Waals surface area contributed by atoms with Gasteiger partial charge in [0.25, 0.3) is 0 Å². The van der Waals surface area contributed by atoms with E-state index >= 15 is 0 Å². The van der Waals surface area contributed by atoms with Crippen LogP contribution in [-0.4, -0.2) is 15.6 Å². The maximum absolute atomic E-state index is 11.9. The predicted molar refractivity (Wildman–Crippen MR) is 65.4 cm³/mol. The highest BCUT2D eigenvalue weighted by atomic mass is 32.1. The van der Waals surface area contributed by atoms with Crippen molar-refractivity contribution in [2.45, 2.75) is 0 Å². The summed E-state index contributed by atoms with van der Waals surface area (Å²) in [4.78, 5) is 12.5. The highest BCUT2D eigenvalue weighted by molar-refractivity contribution is 7.12. The van der Waals surface area contributed by atoms with E-state index < -0.39 is 0 Å². The van der Waals surface area contributed by atoms with Gasteiger partial charge in [-0.15, -0.1) is 11.3 Å². The molecule has 0 saturated heterocycles. The number of thiophene rings is 1. The van der Waals surface area contributed by atoms with Gasteiger partial charge < -0.3 is 0 Å². The molecule has 0 amide bonds. The summed E-state index contributed by atoms with van der Waals surface area (Å²) in [6, 6.07) is 5.43. The number of aromatic nitrogens is 2. The molecule has 0 aromatic carbocycles. The first-order chi connectivity index (χ1) is 8.20. The molecule has 84 valence electrons. The summed E-state index contributed by atoms with van der Waals surface area (Å²) < 4.78 is 1.62. The highest BCUT2D eigenvalue weighted by Crippen LogP contribution is 2.16. The first kappa shape index (κ1) is 11.3. The maximum atomic E-state index is 11.9. The molecule has 0 aliphatic heterocycles. The molecule has 0 bridgehead atoms. The summed E-state index contributed by atoms with van der Waals surface area (Å²) in [6.07, 6.45) is 4.91. The minimum atomic E-state index is -0.244. The zero-order valence-corrected chi connectivity index (χ0v) is 9.94. The van der Waals surface area contributed by atoms with E-state index in [0.29, 0.717) is 4.88 Å². The number of carbonyl (C=O) groups excluding carboxylic acids is 1. The van der Waals surface area contributed by atoms with Gasteiger partial charge in [0.05, 0.1) is 11.1 Å². The SMILES string of the molecule is Cn1cc(/C=C(\C#N)C(=O)c2cccs2)cn1. The largest absolute Gasteiger partial charge is 0.287 e. The fourth-order valence-electron chi connectivity index (χ4n) is 1.37. The average molecular weight is 243 g/mol. The van der Waals surface area contributed by atoms with Crippen molar-refractivity contribution < 1.29 is 4.79 Å². The Morgan fingerprint density at radius 3 is 3.00 bits per heavy atom. The monoisotopic (exact) mass is 243 g/mol.